The summed E-state index contributed by atoms with van der Waals surface area (Å²) in [6.45, 7) is 3.60. The van der Waals surface area contributed by atoms with E-state index in [-0.39, 0.29) is 5.56 Å². The van der Waals surface area contributed by atoms with Crippen molar-refractivity contribution < 1.29 is 9.53 Å². The first kappa shape index (κ1) is 15.9. The van der Waals surface area contributed by atoms with E-state index in [1.165, 1.54) is 11.8 Å². The van der Waals surface area contributed by atoms with Crippen LogP contribution in [0, 0.1) is 6.92 Å². The van der Waals surface area contributed by atoms with E-state index in [4.69, 9.17) is 4.74 Å². The number of esters is 1. The van der Waals surface area contributed by atoms with E-state index >= 15 is 0 Å². The van der Waals surface area contributed by atoms with Gasteiger partial charge in [-0.05, 0) is 25.5 Å². The number of hydrogen-bond donors (Lipinski definition) is 0. The zero-order chi connectivity index (χ0) is 17.3. The maximum Gasteiger partial charge on any atom is 0.330 e. The molecule has 124 valence electrons. The van der Waals surface area contributed by atoms with Gasteiger partial charge in [0.25, 0.3) is 5.56 Å². The number of ether oxygens (including phenoxy) is 1. The molecule has 0 aliphatic rings. The molecule has 0 N–H and O–H groups in total. The summed E-state index contributed by atoms with van der Waals surface area (Å²) in [7, 11) is 1.30. The molecule has 0 spiro atoms. The van der Waals surface area contributed by atoms with Crippen LogP contribution in [-0.2, 0) is 9.53 Å². The van der Waals surface area contributed by atoms with Gasteiger partial charge in [0.2, 0.25) is 0 Å². The number of rotatable bonds is 4. The fourth-order valence-electron chi connectivity index (χ4n) is 2.74. The van der Waals surface area contributed by atoms with Crippen LogP contribution in [0.15, 0.2) is 41.3 Å². The van der Waals surface area contributed by atoms with Crippen LogP contribution in [0.3, 0.4) is 0 Å². The van der Waals surface area contributed by atoms with Crippen molar-refractivity contribution in [2.45, 2.75) is 26.3 Å². The minimum Gasteiger partial charge on any atom is -0.467 e. The molecule has 2 aromatic heterocycles. The average Bonchev–Trinajstić information content (AvgIpc) is 3.06. The lowest BCUT2D eigenvalue weighted by atomic mass is 10.2. The van der Waals surface area contributed by atoms with E-state index in [1.54, 1.807) is 17.8 Å². The summed E-state index contributed by atoms with van der Waals surface area (Å²) in [5.74, 6) is -0.489. The number of carbonyl (C=O) groups is 1. The van der Waals surface area contributed by atoms with Gasteiger partial charge in [0.15, 0.2) is 6.04 Å². The normalized spacial score (nSPS) is 12.3. The highest BCUT2D eigenvalue weighted by molar-refractivity contribution is 5.82. The fraction of sp³-hybridized carbons (Fsp3) is 0.294. The Hall–Kier alpha value is -2.96. The zero-order valence-electron chi connectivity index (χ0n) is 13.8. The van der Waals surface area contributed by atoms with Crippen LogP contribution >= 0.6 is 0 Å². The second-order valence-electron chi connectivity index (χ2n) is 5.44. The molecule has 7 heteroatoms. The van der Waals surface area contributed by atoms with Crippen molar-refractivity contribution >= 4 is 16.9 Å². The average molecular weight is 326 g/mol. The van der Waals surface area contributed by atoms with Gasteiger partial charge in [-0.1, -0.05) is 25.1 Å². The van der Waals surface area contributed by atoms with Crippen LogP contribution in [0.25, 0.3) is 16.6 Å². The molecule has 0 radical (unpaired) electrons. The number of fused-ring (bicyclic) bond motifs is 1. The van der Waals surface area contributed by atoms with Gasteiger partial charge < -0.3 is 4.74 Å². The van der Waals surface area contributed by atoms with Crippen molar-refractivity contribution in [3.8, 4) is 5.69 Å². The Morgan fingerprint density at radius 2 is 2.00 bits per heavy atom. The van der Waals surface area contributed by atoms with Crippen LogP contribution in [0.2, 0.25) is 0 Å². The molecule has 2 heterocycles. The minimum absolute atomic E-state index is 0.366. The summed E-state index contributed by atoms with van der Waals surface area (Å²) in [5, 5.41) is 9.29. The van der Waals surface area contributed by atoms with E-state index in [1.807, 2.05) is 37.3 Å². The molecule has 3 aromatic rings. The monoisotopic (exact) mass is 326 g/mol. The number of para-hydroxylation sites is 1. The first-order valence-corrected chi connectivity index (χ1v) is 7.68. The number of carbonyl (C=O) groups excluding carboxylic acids is 1. The SMILES string of the molecule is CCC(C(=O)OC)n1nc(C)c2cnn(-c3ccccc3)c2c1=O. The van der Waals surface area contributed by atoms with Crippen LogP contribution in [0.4, 0.5) is 0 Å². The molecule has 1 unspecified atom stereocenters. The Morgan fingerprint density at radius 3 is 2.62 bits per heavy atom. The summed E-state index contributed by atoms with van der Waals surface area (Å²) in [6.07, 6.45) is 2.03. The van der Waals surface area contributed by atoms with Crippen LogP contribution in [0.5, 0.6) is 0 Å². The summed E-state index contributed by atoms with van der Waals surface area (Å²) in [4.78, 5) is 25.0. The van der Waals surface area contributed by atoms with Crippen molar-refractivity contribution in [3.05, 3.63) is 52.6 Å². The van der Waals surface area contributed by atoms with E-state index in [0.29, 0.717) is 23.0 Å². The predicted octanol–water partition coefficient (Wildman–Crippen LogP) is 2.01. The lowest BCUT2D eigenvalue weighted by molar-refractivity contribution is -0.145. The van der Waals surface area contributed by atoms with Crippen LogP contribution < -0.4 is 5.56 Å². The van der Waals surface area contributed by atoms with Crippen LogP contribution in [-0.4, -0.2) is 32.6 Å². The Kier molecular flexibility index (Phi) is 4.16. The van der Waals surface area contributed by atoms with Crippen LogP contribution in [0.1, 0.15) is 25.1 Å². The van der Waals surface area contributed by atoms with Gasteiger partial charge in [0, 0.05) is 5.39 Å². The molecule has 0 aliphatic heterocycles. The third-order valence-corrected chi connectivity index (χ3v) is 3.98. The minimum atomic E-state index is -0.760. The van der Waals surface area contributed by atoms with E-state index < -0.39 is 12.0 Å². The zero-order valence-corrected chi connectivity index (χ0v) is 13.8. The lowest BCUT2D eigenvalue weighted by Gasteiger charge is -2.15. The standard InChI is InChI=1S/C17H18N4O3/c1-4-14(17(23)24-3)21-16(22)15-13(11(2)19-21)10-18-20(15)12-8-6-5-7-9-12/h5-10,14H,4H2,1-3H3. The summed E-state index contributed by atoms with van der Waals surface area (Å²) in [6, 6.07) is 8.61. The van der Waals surface area contributed by atoms with Gasteiger partial charge in [-0.2, -0.15) is 10.2 Å². The van der Waals surface area contributed by atoms with Crippen molar-refractivity contribution in [2.75, 3.05) is 7.11 Å². The maximum atomic E-state index is 13.0. The first-order valence-electron chi connectivity index (χ1n) is 7.68. The molecular formula is C17H18N4O3. The Morgan fingerprint density at radius 1 is 1.29 bits per heavy atom. The van der Waals surface area contributed by atoms with Crippen molar-refractivity contribution in [1.29, 1.82) is 0 Å². The van der Waals surface area contributed by atoms with E-state index in [9.17, 15) is 9.59 Å². The van der Waals surface area contributed by atoms with Gasteiger partial charge in [-0.25, -0.2) is 14.2 Å². The molecule has 0 aliphatic carbocycles. The number of hydrogen-bond acceptors (Lipinski definition) is 5. The maximum absolute atomic E-state index is 13.0. The van der Waals surface area contributed by atoms with Gasteiger partial charge in [0.05, 0.1) is 24.7 Å². The molecule has 0 saturated carbocycles. The van der Waals surface area contributed by atoms with Crippen molar-refractivity contribution in [2.24, 2.45) is 0 Å². The Bertz CT molecular complexity index is 944. The third-order valence-electron chi connectivity index (χ3n) is 3.98. The fourth-order valence-corrected chi connectivity index (χ4v) is 2.74. The molecule has 3 rings (SSSR count). The van der Waals surface area contributed by atoms with Gasteiger partial charge in [-0.3, -0.25) is 4.79 Å². The second-order valence-corrected chi connectivity index (χ2v) is 5.44. The summed E-state index contributed by atoms with van der Waals surface area (Å²) in [5.41, 5.74) is 1.44. The molecule has 24 heavy (non-hydrogen) atoms. The quantitative estimate of drug-likeness (QED) is 0.685. The number of aryl methyl sites for hydroxylation is 1. The Balaban J connectivity index is 2.30. The third kappa shape index (κ3) is 2.47. The van der Waals surface area contributed by atoms with E-state index in [0.717, 1.165) is 5.69 Å². The molecule has 7 nitrogen and oxygen atoms in total. The summed E-state index contributed by atoms with van der Waals surface area (Å²) < 4.78 is 7.58. The first-order chi connectivity index (χ1) is 11.6. The lowest BCUT2D eigenvalue weighted by Crippen LogP contribution is -2.33. The van der Waals surface area contributed by atoms with Crippen molar-refractivity contribution in [1.82, 2.24) is 19.6 Å². The smallest absolute Gasteiger partial charge is 0.330 e. The highest BCUT2D eigenvalue weighted by atomic mass is 16.5. The van der Waals surface area contributed by atoms with E-state index in [2.05, 4.69) is 10.2 Å². The van der Waals surface area contributed by atoms with Gasteiger partial charge in [0.1, 0.15) is 5.52 Å². The number of benzene rings is 1. The van der Waals surface area contributed by atoms with Gasteiger partial charge in [-0.15, -0.1) is 0 Å². The molecule has 1 aromatic carbocycles. The topological polar surface area (TPSA) is 79.0 Å². The molecule has 0 amide bonds. The Labute approximate surface area is 138 Å². The molecule has 1 atom stereocenters. The molecule has 0 fully saturated rings. The van der Waals surface area contributed by atoms with Gasteiger partial charge >= 0.3 is 5.97 Å². The predicted molar refractivity (Wildman–Crippen MR) is 89.2 cm³/mol. The largest absolute Gasteiger partial charge is 0.467 e. The van der Waals surface area contributed by atoms with Crippen molar-refractivity contribution in [3.63, 3.8) is 0 Å². The highest BCUT2D eigenvalue weighted by Gasteiger charge is 2.24. The highest BCUT2D eigenvalue weighted by Crippen LogP contribution is 2.19. The molecule has 0 bridgehead atoms. The number of methoxy groups -OCH3 is 1. The number of aromatic nitrogens is 4. The number of nitrogens with zero attached hydrogens (tertiary/aromatic N) is 4. The summed E-state index contributed by atoms with van der Waals surface area (Å²) >= 11 is 0. The molecular weight excluding hydrogens is 308 g/mol. The molecule has 0 saturated heterocycles. The second kappa shape index (κ2) is 6.27.